The number of carbonyl (C=O) groups excluding carboxylic acids is 1. The molecule has 2 aromatic carbocycles. The van der Waals surface area contributed by atoms with Gasteiger partial charge < -0.3 is 10.2 Å². The van der Waals surface area contributed by atoms with Crippen LogP contribution in [0.2, 0.25) is 0 Å². The van der Waals surface area contributed by atoms with Gasteiger partial charge in [-0.25, -0.2) is 4.52 Å². The fraction of sp³-hybridized carbons (Fsp3) is 0.320. The van der Waals surface area contributed by atoms with Crippen molar-refractivity contribution in [3.8, 4) is 0 Å². The van der Waals surface area contributed by atoms with E-state index >= 15 is 0 Å². The highest BCUT2D eigenvalue weighted by molar-refractivity contribution is 5.94. The minimum absolute atomic E-state index is 0.0441. The molecule has 1 amide bonds. The number of carbonyl (C=O) groups is 1. The molecule has 0 bridgehead atoms. The SMILES string of the molecule is CCC(C(=O)NCCN(CC)c1ccccc1)n1c2ccccc2c2nc(=O)cc(C)n21. The summed E-state index contributed by atoms with van der Waals surface area (Å²) in [5.41, 5.74) is 3.09. The zero-order valence-electron chi connectivity index (χ0n) is 18.8. The summed E-state index contributed by atoms with van der Waals surface area (Å²) in [5.74, 6) is -0.0441. The quantitative estimate of drug-likeness (QED) is 0.463. The lowest BCUT2D eigenvalue weighted by molar-refractivity contribution is -0.124. The molecule has 1 N–H and O–H groups in total. The number of benzene rings is 2. The summed E-state index contributed by atoms with van der Waals surface area (Å²) in [6.07, 6.45) is 0.612. The Bertz CT molecular complexity index is 1290. The van der Waals surface area contributed by atoms with E-state index in [1.807, 2.05) is 65.5 Å². The number of hydrogen-bond acceptors (Lipinski definition) is 4. The predicted molar refractivity (Wildman–Crippen MR) is 128 cm³/mol. The second kappa shape index (κ2) is 9.26. The Kier molecular flexibility index (Phi) is 6.25. The molecular weight excluding hydrogens is 402 g/mol. The van der Waals surface area contributed by atoms with Crippen molar-refractivity contribution in [3.05, 3.63) is 76.7 Å². The van der Waals surface area contributed by atoms with Crippen LogP contribution in [0.25, 0.3) is 16.6 Å². The molecule has 1 unspecified atom stereocenters. The Labute approximate surface area is 187 Å². The van der Waals surface area contributed by atoms with Crippen LogP contribution in [0.5, 0.6) is 0 Å². The molecule has 0 radical (unpaired) electrons. The third-order valence-corrected chi connectivity index (χ3v) is 5.86. The Morgan fingerprint density at radius 3 is 2.53 bits per heavy atom. The van der Waals surface area contributed by atoms with Crippen molar-refractivity contribution >= 4 is 28.1 Å². The minimum atomic E-state index is -0.424. The van der Waals surface area contributed by atoms with Crippen molar-refractivity contribution in [1.82, 2.24) is 19.5 Å². The number of fused-ring (bicyclic) bond motifs is 3. The van der Waals surface area contributed by atoms with Crippen LogP contribution in [-0.4, -0.2) is 39.7 Å². The van der Waals surface area contributed by atoms with Crippen molar-refractivity contribution in [2.24, 2.45) is 0 Å². The van der Waals surface area contributed by atoms with Crippen molar-refractivity contribution in [1.29, 1.82) is 0 Å². The average molecular weight is 432 g/mol. The van der Waals surface area contributed by atoms with Crippen LogP contribution >= 0.6 is 0 Å². The summed E-state index contributed by atoms with van der Waals surface area (Å²) in [7, 11) is 0. The highest BCUT2D eigenvalue weighted by Crippen LogP contribution is 2.26. The Hall–Kier alpha value is -3.61. The third kappa shape index (κ3) is 3.98. The average Bonchev–Trinajstić information content (AvgIpc) is 3.12. The van der Waals surface area contributed by atoms with Crippen molar-refractivity contribution in [2.45, 2.75) is 33.2 Å². The van der Waals surface area contributed by atoms with E-state index in [1.54, 1.807) is 0 Å². The van der Waals surface area contributed by atoms with Crippen LogP contribution in [0, 0.1) is 6.92 Å². The topological polar surface area (TPSA) is 71.6 Å². The minimum Gasteiger partial charge on any atom is -0.370 e. The molecule has 2 heterocycles. The van der Waals surface area contributed by atoms with Crippen LogP contribution in [0.15, 0.2) is 65.5 Å². The van der Waals surface area contributed by atoms with E-state index in [-0.39, 0.29) is 11.5 Å². The lowest BCUT2D eigenvalue weighted by Gasteiger charge is -2.24. The molecule has 32 heavy (non-hydrogen) atoms. The van der Waals surface area contributed by atoms with Gasteiger partial charge >= 0.3 is 0 Å². The van der Waals surface area contributed by atoms with Crippen LogP contribution in [0.4, 0.5) is 5.69 Å². The Morgan fingerprint density at radius 1 is 1.09 bits per heavy atom. The number of aromatic nitrogens is 3. The molecule has 166 valence electrons. The zero-order chi connectivity index (χ0) is 22.7. The second-order valence-electron chi connectivity index (χ2n) is 7.86. The third-order valence-electron chi connectivity index (χ3n) is 5.86. The first-order valence-electron chi connectivity index (χ1n) is 11.1. The number of aryl methyl sites for hydroxylation is 1. The summed E-state index contributed by atoms with van der Waals surface area (Å²) < 4.78 is 3.86. The molecule has 7 nitrogen and oxygen atoms in total. The van der Waals surface area contributed by atoms with Crippen LogP contribution in [0.1, 0.15) is 32.0 Å². The fourth-order valence-electron chi connectivity index (χ4n) is 4.32. The molecule has 2 aromatic heterocycles. The first kappa shape index (κ1) is 21.6. The Balaban J connectivity index is 1.62. The van der Waals surface area contributed by atoms with Crippen molar-refractivity contribution in [3.63, 3.8) is 0 Å². The van der Waals surface area contributed by atoms with Gasteiger partial charge in [-0.05, 0) is 44.5 Å². The monoisotopic (exact) mass is 431 g/mol. The molecule has 0 spiro atoms. The molecule has 1 atom stereocenters. The maximum absolute atomic E-state index is 13.3. The van der Waals surface area contributed by atoms with Gasteiger partial charge in [0.2, 0.25) is 5.91 Å². The molecule has 0 fully saturated rings. The number of hydrogen-bond donors (Lipinski definition) is 1. The van der Waals surface area contributed by atoms with Crippen LogP contribution in [0.3, 0.4) is 0 Å². The van der Waals surface area contributed by atoms with Gasteiger partial charge in [0.25, 0.3) is 5.56 Å². The lowest BCUT2D eigenvalue weighted by atomic mass is 10.2. The van der Waals surface area contributed by atoms with Gasteiger partial charge in [0, 0.05) is 42.5 Å². The van der Waals surface area contributed by atoms with Crippen LogP contribution in [-0.2, 0) is 4.79 Å². The summed E-state index contributed by atoms with van der Waals surface area (Å²) in [6, 6.07) is 19.1. The molecule has 4 rings (SSSR count). The fourth-order valence-corrected chi connectivity index (χ4v) is 4.32. The number of nitrogens with one attached hydrogen (secondary N) is 1. The molecular formula is C25H29N5O2. The Morgan fingerprint density at radius 2 is 1.81 bits per heavy atom. The largest absolute Gasteiger partial charge is 0.370 e. The van der Waals surface area contributed by atoms with Gasteiger partial charge in [0.15, 0.2) is 5.65 Å². The number of rotatable bonds is 8. The zero-order valence-corrected chi connectivity index (χ0v) is 18.8. The molecule has 7 heteroatoms. The highest BCUT2D eigenvalue weighted by atomic mass is 16.2. The predicted octanol–water partition coefficient (Wildman–Crippen LogP) is 3.55. The van der Waals surface area contributed by atoms with Gasteiger partial charge in [-0.2, -0.15) is 4.98 Å². The molecule has 0 aliphatic rings. The van der Waals surface area contributed by atoms with Gasteiger partial charge in [-0.1, -0.05) is 37.3 Å². The summed E-state index contributed by atoms with van der Waals surface area (Å²) in [6.45, 7) is 8.11. The van der Waals surface area contributed by atoms with E-state index in [2.05, 4.69) is 34.3 Å². The van der Waals surface area contributed by atoms with Gasteiger partial charge in [0.1, 0.15) is 6.04 Å². The molecule has 0 aliphatic heterocycles. The van der Waals surface area contributed by atoms with Crippen molar-refractivity contribution < 1.29 is 4.79 Å². The van der Waals surface area contributed by atoms with E-state index in [0.29, 0.717) is 18.6 Å². The summed E-state index contributed by atoms with van der Waals surface area (Å²) >= 11 is 0. The van der Waals surface area contributed by atoms with Gasteiger partial charge in [-0.15, -0.1) is 0 Å². The first-order chi connectivity index (χ1) is 15.5. The molecule has 0 aliphatic carbocycles. The maximum Gasteiger partial charge on any atom is 0.273 e. The van der Waals surface area contributed by atoms with Gasteiger partial charge in [0.05, 0.1) is 5.52 Å². The second-order valence-corrected chi connectivity index (χ2v) is 7.86. The van der Waals surface area contributed by atoms with Crippen molar-refractivity contribution in [2.75, 3.05) is 24.5 Å². The van der Waals surface area contributed by atoms with E-state index in [9.17, 15) is 9.59 Å². The number of nitrogens with zero attached hydrogens (tertiary/aromatic N) is 4. The smallest absolute Gasteiger partial charge is 0.273 e. The van der Waals surface area contributed by atoms with Gasteiger partial charge in [-0.3, -0.25) is 14.3 Å². The highest BCUT2D eigenvalue weighted by Gasteiger charge is 2.24. The number of para-hydroxylation sites is 2. The molecule has 4 aromatic rings. The summed E-state index contributed by atoms with van der Waals surface area (Å²) in [4.78, 5) is 31.8. The van der Waals surface area contributed by atoms with E-state index in [0.717, 1.165) is 35.4 Å². The lowest BCUT2D eigenvalue weighted by Crippen LogP contribution is -2.39. The van der Waals surface area contributed by atoms with E-state index < -0.39 is 6.04 Å². The molecule has 0 saturated carbocycles. The normalized spacial score (nSPS) is 12.2. The van der Waals surface area contributed by atoms with E-state index in [4.69, 9.17) is 0 Å². The number of anilines is 1. The number of amides is 1. The summed E-state index contributed by atoms with van der Waals surface area (Å²) in [5, 5.41) is 3.98. The standard InChI is InChI=1S/C25H29N5O2/c1-4-21(25(32)26-15-16-28(5-2)19-11-7-6-8-12-19)30-22-14-10-9-13-20(22)24-27-23(31)17-18(3)29(24)30/h6-14,17,21H,4-5,15-16H2,1-3H3,(H,26,32). The van der Waals surface area contributed by atoms with E-state index in [1.165, 1.54) is 6.07 Å². The van der Waals surface area contributed by atoms with Crippen LogP contribution < -0.4 is 15.8 Å². The first-order valence-corrected chi connectivity index (χ1v) is 11.1. The maximum atomic E-state index is 13.3. The number of likely N-dealkylation sites (N-methyl/N-ethyl adjacent to an activating group) is 1. The molecule has 0 saturated heterocycles.